The first kappa shape index (κ1) is 13.8. The number of amides is 1. The molecule has 2 heterocycles. The van der Waals surface area contributed by atoms with Crippen molar-refractivity contribution in [3.8, 4) is 11.5 Å². The third-order valence-corrected chi connectivity index (χ3v) is 4.20. The number of hydrogen-bond donors (Lipinski definition) is 2. The highest BCUT2D eigenvalue weighted by Gasteiger charge is 2.42. The average Bonchev–Trinajstić information content (AvgIpc) is 2.83. The Bertz CT molecular complexity index is 628. The Morgan fingerprint density at radius 1 is 1.43 bits per heavy atom. The van der Waals surface area contributed by atoms with E-state index < -0.39 is 6.23 Å². The number of ether oxygens (including phenoxy) is 1. The van der Waals surface area contributed by atoms with E-state index in [1.54, 1.807) is 16.8 Å². The summed E-state index contributed by atoms with van der Waals surface area (Å²) >= 11 is 0. The van der Waals surface area contributed by atoms with Gasteiger partial charge in [0.1, 0.15) is 6.23 Å². The van der Waals surface area contributed by atoms with E-state index in [0.717, 1.165) is 5.57 Å². The molecule has 6 heteroatoms. The second-order valence-corrected chi connectivity index (χ2v) is 5.52. The molecule has 2 N–H and O–H groups in total. The van der Waals surface area contributed by atoms with Gasteiger partial charge in [-0.05, 0) is 12.5 Å². The number of aliphatic hydroxyl groups excluding tert-OH is 1. The summed E-state index contributed by atoms with van der Waals surface area (Å²) in [6.45, 7) is 4.36. The van der Waals surface area contributed by atoms with Gasteiger partial charge in [0.2, 0.25) is 0 Å². The summed E-state index contributed by atoms with van der Waals surface area (Å²) in [6, 6.07) is 2.64. The minimum absolute atomic E-state index is 0.0606. The van der Waals surface area contributed by atoms with Crippen LogP contribution in [0.25, 0.3) is 0 Å². The summed E-state index contributed by atoms with van der Waals surface area (Å²) in [4.78, 5) is 16.0. The molecule has 0 aromatic heterocycles. The van der Waals surface area contributed by atoms with Gasteiger partial charge < -0.3 is 24.7 Å². The summed E-state index contributed by atoms with van der Waals surface area (Å²) in [5.41, 5.74) is 1.82. The number of carbonyl (C=O) groups is 1. The number of nitrogens with zero attached hydrogens (tertiary/aromatic N) is 2. The molecule has 1 saturated heterocycles. The minimum Gasteiger partial charge on any atom is -0.504 e. The van der Waals surface area contributed by atoms with Crippen molar-refractivity contribution in [3.63, 3.8) is 0 Å². The van der Waals surface area contributed by atoms with E-state index in [4.69, 9.17) is 4.74 Å². The maximum absolute atomic E-state index is 12.7. The molecule has 112 valence electrons. The summed E-state index contributed by atoms with van der Waals surface area (Å²) in [7, 11) is 3.13. The van der Waals surface area contributed by atoms with E-state index in [9.17, 15) is 15.0 Å². The summed E-state index contributed by atoms with van der Waals surface area (Å²) in [5, 5.41) is 20.4. The maximum Gasteiger partial charge on any atom is 0.256 e. The number of fused-ring (bicyclic) bond motifs is 2. The van der Waals surface area contributed by atoms with Crippen LogP contribution in [0.3, 0.4) is 0 Å². The lowest BCUT2D eigenvalue weighted by Gasteiger charge is -2.30. The number of anilines is 1. The van der Waals surface area contributed by atoms with Crippen molar-refractivity contribution in [1.82, 2.24) is 4.90 Å². The van der Waals surface area contributed by atoms with E-state index in [-0.39, 0.29) is 23.4 Å². The molecule has 0 aliphatic carbocycles. The summed E-state index contributed by atoms with van der Waals surface area (Å²) in [5.74, 6) is -0.00798. The molecule has 1 unspecified atom stereocenters. The fourth-order valence-corrected chi connectivity index (χ4v) is 3.06. The predicted molar refractivity (Wildman–Crippen MR) is 77.7 cm³/mol. The second-order valence-electron chi connectivity index (χ2n) is 5.52. The van der Waals surface area contributed by atoms with Crippen molar-refractivity contribution in [1.29, 1.82) is 0 Å². The molecule has 3 rings (SSSR count). The number of benzene rings is 1. The molecule has 0 bridgehead atoms. The zero-order chi connectivity index (χ0) is 15.3. The lowest BCUT2D eigenvalue weighted by molar-refractivity contribution is 0.0527. The number of likely N-dealkylation sites (N-methyl/N-ethyl adjacent to an activating group) is 1. The van der Waals surface area contributed by atoms with Crippen LogP contribution in [0.1, 0.15) is 16.8 Å². The van der Waals surface area contributed by atoms with Crippen molar-refractivity contribution in [2.45, 2.75) is 18.7 Å². The number of phenols is 1. The zero-order valence-electron chi connectivity index (χ0n) is 12.0. The van der Waals surface area contributed by atoms with Gasteiger partial charge in [-0.15, -0.1) is 0 Å². The Balaban J connectivity index is 2.17. The van der Waals surface area contributed by atoms with E-state index in [0.29, 0.717) is 24.2 Å². The van der Waals surface area contributed by atoms with Crippen LogP contribution in [0.5, 0.6) is 11.5 Å². The van der Waals surface area contributed by atoms with E-state index in [2.05, 4.69) is 6.58 Å². The molecule has 2 atom stereocenters. The van der Waals surface area contributed by atoms with E-state index in [1.165, 1.54) is 19.2 Å². The number of hydrogen-bond acceptors (Lipinski definition) is 5. The van der Waals surface area contributed by atoms with Crippen molar-refractivity contribution in [2.75, 3.05) is 25.6 Å². The summed E-state index contributed by atoms with van der Waals surface area (Å²) in [6.07, 6.45) is -0.267. The minimum atomic E-state index is -0.845. The number of rotatable bonds is 1. The first-order valence-electron chi connectivity index (χ1n) is 6.73. The second kappa shape index (κ2) is 4.66. The van der Waals surface area contributed by atoms with Gasteiger partial charge in [-0.25, -0.2) is 0 Å². The molecule has 0 spiro atoms. The van der Waals surface area contributed by atoms with Crippen LogP contribution in [-0.4, -0.2) is 54.0 Å². The van der Waals surface area contributed by atoms with Gasteiger partial charge >= 0.3 is 0 Å². The van der Waals surface area contributed by atoms with Crippen LogP contribution in [0.15, 0.2) is 24.3 Å². The summed E-state index contributed by atoms with van der Waals surface area (Å²) < 4.78 is 5.08. The number of aromatic hydroxyl groups is 1. The van der Waals surface area contributed by atoms with Gasteiger partial charge in [-0.1, -0.05) is 12.2 Å². The largest absolute Gasteiger partial charge is 0.504 e. The molecule has 0 radical (unpaired) electrons. The van der Waals surface area contributed by atoms with Gasteiger partial charge in [-0.2, -0.15) is 0 Å². The SMILES string of the molecule is C=C1CC2[C@H](O)N(C)c3cc(O)c(OC)cc3C(=O)N2C1. The molecular formula is C15H18N2O4. The Hall–Kier alpha value is -2.21. The molecule has 6 nitrogen and oxygen atoms in total. The van der Waals surface area contributed by atoms with Crippen LogP contribution < -0.4 is 9.64 Å². The van der Waals surface area contributed by atoms with Crippen LogP contribution in [0, 0.1) is 0 Å². The average molecular weight is 290 g/mol. The number of phenolic OH excluding ortho intramolecular Hbond substituents is 1. The predicted octanol–water partition coefficient (Wildman–Crippen LogP) is 0.940. The van der Waals surface area contributed by atoms with Crippen molar-refractivity contribution < 1.29 is 19.7 Å². The lowest BCUT2D eigenvalue weighted by Crippen LogP contribution is -2.47. The monoisotopic (exact) mass is 290 g/mol. The smallest absolute Gasteiger partial charge is 0.256 e. The number of aliphatic hydroxyl groups is 1. The zero-order valence-corrected chi connectivity index (χ0v) is 12.0. The van der Waals surface area contributed by atoms with Crippen LogP contribution in [0.2, 0.25) is 0 Å². The molecule has 1 amide bonds. The van der Waals surface area contributed by atoms with Gasteiger partial charge in [0.15, 0.2) is 11.5 Å². The van der Waals surface area contributed by atoms with Crippen molar-refractivity contribution in [3.05, 3.63) is 29.8 Å². The van der Waals surface area contributed by atoms with Gasteiger partial charge in [-0.3, -0.25) is 4.79 Å². The molecule has 0 saturated carbocycles. The molecule has 2 aliphatic rings. The quantitative estimate of drug-likeness (QED) is 0.753. The topological polar surface area (TPSA) is 73.2 Å². The fourth-order valence-electron chi connectivity index (χ4n) is 3.06. The standard InChI is InChI=1S/C15H18N2O4/c1-8-4-11-15(20)16(2)10-6-12(18)13(21-3)5-9(10)14(19)17(11)7-8/h5-6,11,15,18,20H,1,4,7H2,2-3H3/t11?,15-/m0/s1. The van der Waals surface area contributed by atoms with Crippen LogP contribution >= 0.6 is 0 Å². The highest BCUT2D eigenvalue weighted by molar-refractivity contribution is 6.02. The van der Waals surface area contributed by atoms with E-state index in [1.807, 2.05) is 0 Å². The normalized spacial score (nSPS) is 24.7. The Morgan fingerprint density at radius 3 is 2.81 bits per heavy atom. The van der Waals surface area contributed by atoms with Gasteiger partial charge in [0.05, 0.1) is 24.4 Å². The van der Waals surface area contributed by atoms with Crippen molar-refractivity contribution in [2.24, 2.45) is 0 Å². The van der Waals surface area contributed by atoms with Crippen LogP contribution in [0.4, 0.5) is 5.69 Å². The van der Waals surface area contributed by atoms with Gasteiger partial charge in [0.25, 0.3) is 5.91 Å². The van der Waals surface area contributed by atoms with Crippen molar-refractivity contribution >= 4 is 11.6 Å². The Kier molecular flexibility index (Phi) is 3.06. The maximum atomic E-state index is 12.7. The molecule has 1 aromatic rings. The first-order chi connectivity index (χ1) is 9.93. The first-order valence-corrected chi connectivity index (χ1v) is 6.73. The molecule has 21 heavy (non-hydrogen) atoms. The Labute approximate surface area is 122 Å². The lowest BCUT2D eigenvalue weighted by atomic mass is 10.1. The molecule has 1 fully saturated rings. The highest BCUT2D eigenvalue weighted by atomic mass is 16.5. The molecule has 1 aromatic carbocycles. The highest BCUT2D eigenvalue weighted by Crippen LogP contribution is 2.40. The van der Waals surface area contributed by atoms with Gasteiger partial charge in [0, 0.05) is 19.7 Å². The number of methoxy groups -OCH3 is 1. The molecular weight excluding hydrogens is 272 g/mol. The third-order valence-electron chi connectivity index (χ3n) is 4.20. The third kappa shape index (κ3) is 1.94. The molecule has 2 aliphatic heterocycles. The fraction of sp³-hybridized carbons (Fsp3) is 0.400. The van der Waals surface area contributed by atoms with E-state index >= 15 is 0 Å². The number of carbonyl (C=O) groups excluding carboxylic acids is 1. The Morgan fingerprint density at radius 2 is 2.14 bits per heavy atom. The van der Waals surface area contributed by atoms with Crippen LogP contribution in [-0.2, 0) is 0 Å².